The molecule has 0 bridgehead atoms. The lowest BCUT2D eigenvalue weighted by Gasteiger charge is -2.16. The predicted octanol–water partition coefficient (Wildman–Crippen LogP) is 6.12. The van der Waals surface area contributed by atoms with Gasteiger partial charge in [-0.3, -0.25) is 0 Å². The van der Waals surface area contributed by atoms with Crippen LogP contribution in [0.15, 0.2) is 42.5 Å². The zero-order valence-electron chi connectivity index (χ0n) is 19.2. The molecule has 0 amide bonds. The topological polar surface area (TPSA) is 99.3 Å². The number of nitrogens with zero attached hydrogens (tertiary/aromatic N) is 4. The van der Waals surface area contributed by atoms with Crippen LogP contribution in [0.4, 0.5) is 31.1 Å². The molecule has 0 aliphatic rings. The van der Waals surface area contributed by atoms with E-state index in [4.69, 9.17) is 9.47 Å². The molecule has 1 atom stereocenters. The molecule has 0 aliphatic carbocycles. The van der Waals surface area contributed by atoms with E-state index in [1.54, 1.807) is 6.92 Å². The highest BCUT2D eigenvalue weighted by Crippen LogP contribution is 2.37. The maximum absolute atomic E-state index is 13.3. The van der Waals surface area contributed by atoms with E-state index in [0.29, 0.717) is 18.2 Å². The highest BCUT2D eigenvalue weighted by atomic mass is 19.4. The van der Waals surface area contributed by atoms with Crippen molar-refractivity contribution in [1.82, 2.24) is 15.0 Å². The second kappa shape index (κ2) is 10.8. The van der Waals surface area contributed by atoms with E-state index >= 15 is 0 Å². The summed E-state index contributed by atoms with van der Waals surface area (Å²) in [5, 5.41) is 17.5. The van der Waals surface area contributed by atoms with Gasteiger partial charge in [0.1, 0.15) is 24.1 Å². The predicted molar refractivity (Wildman–Crippen MR) is 114 cm³/mol. The van der Waals surface area contributed by atoms with Gasteiger partial charge in [-0.15, -0.1) is 15.0 Å². The molecule has 2 aromatic carbocycles. The van der Waals surface area contributed by atoms with Gasteiger partial charge in [0.15, 0.2) is 5.69 Å². The highest BCUT2D eigenvalue weighted by Gasteiger charge is 2.37. The summed E-state index contributed by atoms with van der Waals surface area (Å²) < 4.78 is 94.2. The average molecular weight is 528 g/mol. The molecule has 3 aromatic rings. The Bertz CT molecular complexity index is 1310. The molecule has 37 heavy (non-hydrogen) atoms. The van der Waals surface area contributed by atoms with Crippen molar-refractivity contribution in [3.63, 3.8) is 0 Å². The third-order valence-electron chi connectivity index (χ3n) is 4.83. The number of carbonyl (C=O) groups excluding carboxylic acids is 1. The zero-order chi connectivity index (χ0) is 27.4. The van der Waals surface area contributed by atoms with Gasteiger partial charge in [-0.05, 0) is 44.2 Å². The van der Waals surface area contributed by atoms with E-state index in [2.05, 4.69) is 14.9 Å². The fraction of sp³-hybridized carbons (Fsp3) is 0.304. The van der Waals surface area contributed by atoms with Gasteiger partial charge in [-0.2, -0.15) is 31.6 Å². The first-order valence-corrected chi connectivity index (χ1v) is 10.5. The summed E-state index contributed by atoms with van der Waals surface area (Å²) in [6.07, 6.45) is -11.8. The van der Waals surface area contributed by atoms with Crippen LogP contribution in [0.3, 0.4) is 0 Å². The van der Waals surface area contributed by atoms with E-state index in [1.807, 2.05) is 6.07 Å². The minimum absolute atomic E-state index is 0.00250. The SMILES string of the molecule is CCOC(=O)OC(C)n1nc(C#N)c(-c2cccc(OCc3cc(C(F)(F)F)ccc3C(F)(F)F)c2)n1. The Hall–Kier alpha value is -4.28. The molecule has 0 saturated heterocycles. The van der Waals surface area contributed by atoms with Crippen LogP contribution in [0.2, 0.25) is 0 Å². The molecule has 3 rings (SSSR count). The normalized spacial score (nSPS) is 12.5. The minimum atomic E-state index is -4.90. The Morgan fingerprint density at radius 2 is 1.81 bits per heavy atom. The molecule has 8 nitrogen and oxygen atoms in total. The average Bonchev–Trinajstić information content (AvgIpc) is 3.26. The Morgan fingerprint density at radius 1 is 1.08 bits per heavy atom. The molecule has 0 aliphatic heterocycles. The summed E-state index contributed by atoms with van der Waals surface area (Å²) in [5.41, 5.74) is -3.06. The fourth-order valence-corrected chi connectivity index (χ4v) is 3.15. The Labute approximate surface area is 206 Å². The number of hydrogen-bond acceptors (Lipinski definition) is 7. The first-order valence-electron chi connectivity index (χ1n) is 10.5. The molecule has 196 valence electrons. The lowest BCUT2D eigenvalue weighted by atomic mass is 10.0. The number of hydrogen-bond donors (Lipinski definition) is 0. The quantitative estimate of drug-likeness (QED) is 0.269. The van der Waals surface area contributed by atoms with Crippen molar-refractivity contribution in [3.8, 4) is 23.1 Å². The third kappa shape index (κ3) is 6.69. The van der Waals surface area contributed by atoms with Crippen LogP contribution in [0.5, 0.6) is 5.75 Å². The molecular weight excluding hydrogens is 510 g/mol. The largest absolute Gasteiger partial charge is 0.510 e. The lowest BCUT2D eigenvalue weighted by molar-refractivity contribution is -0.142. The van der Waals surface area contributed by atoms with Crippen molar-refractivity contribution in [2.75, 3.05) is 6.61 Å². The fourth-order valence-electron chi connectivity index (χ4n) is 3.15. The monoisotopic (exact) mass is 528 g/mol. The first kappa shape index (κ1) is 27.3. The number of nitriles is 1. The van der Waals surface area contributed by atoms with Gasteiger partial charge in [-0.1, -0.05) is 12.1 Å². The van der Waals surface area contributed by atoms with E-state index in [1.165, 1.54) is 31.2 Å². The van der Waals surface area contributed by atoms with Gasteiger partial charge in [0.25, 0.3) is 0 Å². The summed E-state index contributed by atoms with van der Waals surface area (Å²) >= 11 is 0. The van der Waals surface area contributed by atoms with Gasteiger partial charge >= 0.3 is 18.5 Å². The van der Waals surface area contributed by atoms with E-state index < -0.39 is 48.0 Å². The molecule has 0 fully saturated rings. The second-order valence-corrected chi connectivity index (χ2v) is 7.41. The van der Waals surface area contributed by atoms with Crippen LogP contribution >= 0.6 is 0 Å². The van der Waals surface area contributed by atoms with Gasteiger partial charge < -0.3 is 14.2 Å². The van der Waals surface area contributed by atoms with Crippen molar-refractivity contribution in [3.05, 3.63) is 64.8 Å². The molecule has 0 spiro atoms. The highest BCUT2D eigenvalue weighted by molar-refractivity contribution is 5.65. The maximum Gasteiger partial charge on any atom is 0.510 e. The van der Waals surface area contributed by atoms with Gasteiger partial charge in [0, 0.05) is 11.1 Å². The Balaban J connectivity index is 1.87. The number of aromatic nitrogens is 3. The summed E-state index contributed by atoms with van der Waals surface area (Å²) in [4.78, 5) is 12.5. The van der Waals surface area contributed by atoms with Crippen LogP contribution in [-0.2, 0) is 28.4 Å². The number of rotatable bonds is 7. The van der Waals surface area contributed by atoms with E-state index in [0.717, 1.165) is 4.80 Å². The van der Waals surface area contributed by atoms with E-state index in [9.17, 15) is 36.4 Å². The number of ether oxygens (including phenoxy) is 3. The molecule has 0 N–H and O–H groups in total. The van der Waals surface area contributed by atoms with Crippen LogP contribution in [-0.4, -0.2) is 27.8 Å². The van der Waals surface area contributed by atoms with Crippen molar-refractivity contribution < 1.29 is 45.3 Å². The molecule has 14 heteroatoms. The molecule has 0 saturated carbocycles. The van der Waals surface area contributed by atoms with E-state index in [-0.39, 0.29) is 29.3 Å². The summed E-state index contributed by atoms with van der Waals surface area (Å²) in [7, 11) is 0. The van der Waals surface area contributed by atoms with Crippen LogP contribution < -0.4 is 4.74 Å². The Kier molecular flexibility index (Phi) is 7.95. The van der Waals surface area contributed by atoms with Crippen LogP contribution in [0, 0.1) is 11.3 Å². The molecule has 1 heterocycles. The zero-order valence-corrected chi connectivity index (χ0v) is 19.2. The summed E-state index contributed by atoms with van der Waals surface area (Å²) in [6, 6.07) is 8.57. The molecule has 0 radical (unpaired) electrons. The summed E-state index contributed by atoms with van der Waals surface area (Å²) in [6.45, 7) is 2.26. The number of carbonyl (C=O) groups is 1. The molecule has 1 aromatic heterocycles. The van der Waals surface area contributed by atoms with Crippen molar-refractivity contribution in [2.24, 2.45) is 0 Å². The van der Waals surface area contributed by atoms with Crippen molar-refractivity contribution >= 4 is 6.16 Å². The standard InChI is InChI=1S/C23H18F6N4O4/c1-3-35-21(34)37-13(2)33-31-19(11-30)20(32-33)14-5-4-6-17(10-14)36-12-15-9-16(22(24,25)26)7-8-18(15)23(27,28)29/h4-10,13H,3,12H2,1-2H3. The third-order valence-corrected chi connectivity index (χ3v) is 4.83. The van der Waals surface area contributed by atoms with Crippen molar-refractivity contribution in [2.45, 2.75) is 39.0 Å². The number of alkyl halides is 6. The maximum atomic E-state index is 13.3. The van der Waals surface area contributed by atoms with Crippen molar-refractivity contribution in [1.29, 1.82) is 5.26 Å². The minimum Gasteiger partial charge on any atom is -0.489 e. The summed E-state index contributed by atoms with van der Waals surface area (Å²) in [5.74, 6) is -0.00250. The van der Waals surface area contributed by atoms with Gasteiger partial charge in [0.2, 0.25) is 6.23 Å². The first-order chi connectivity index (χ1) is 17.3. The van der Waals surface area contributed by atoms with Crippen LogP contribution in [0.25, 0.3) is 11.3 Å². The molecule has 1 unspecified atom stereocenters. The second-order valence-electron chi connectivity index (χ2n) is 7.41. The van der Waals surface area contributed by atoms with Gasteiger partial charge in [0.05, 0.1) is 17.7 Å². The number of benzene rings is 2. The number of halogens is 6. The Morgan fingerprint density at radius 3 is 2.43 bits per heavy atom. The smallest absolute Gasteiger partial charge is 0.489 e. The van der Waals surface area contributed by atoms with Crippen LogP contribution in [0.1, 0.15) is 42.5 Å². The van der Waals surface area contributed by atoms with Gasteiger partial charge in [-0.25, -0.2) is 4.79 Å². The lowest BCUT2D eigenvalue weighted by Crippen LogP contribution is -2.17. The molecular formula is C23H18F6N4O4.